The normalized spacial score (nSPS) is 12.6. The highest BCUT2D eigenvalue weighted by atomic mass is 16.5. The van der Waals surface area contributed by atoms with E-state index < -0.39 is 0 Å². The first kappa shape index (κ1) is 22.1. The Balaban J connectivity index is 1.57. The standard InChI is InChI=1S/C23H27N3O5/c1-15-4-7-17(8-5-15)25-21(27)13-24-22(28)14-26(18-9-10-18)23(29)16-6-11-19(30-2)20(12-16)31-3/h4-8,11-12,18H,9-10,13-14H2,1-3H3,(H,24,28)(H,25,27). The molecule has 2 N–H and O–H groups in total. The number of aryl methyl sites for hydroxylation is 1. The fraction of sp³-hybridized carbons (Fsp3) is 0.348. The first-order chi connectivity index (χ1) is 14.9. The van der Waals surface area contributed by atoms with E-state index in [4.69, 9.17) is 9.47 Å². The number of methoxy groups -OCH3 is 2. The van der Waals surface area contributed by atoms with E-state index in [2.05, 4.69) is 10.6 Å². The predicted molar refractivity (Wildman–Crippen MR) is 116 cm³/mol. The zero-order valence-corrected chi connectivity index (χ0v) is 17.9. The van der Waals surface area contributed by atoms with Crippen molar-refractivity contribution in [2.75, 3.05) is 32.6 Å². The minimum Gasteiger partial charge on any atom is -0.493 e. The third-order valence-corrected chi connectivity index (χ3v) is 4.97. The molecule has 8 heteroatoms. The molecular weight excluding hydrogens is 398 g/mol. The van der Waals surface area contributed by atoms with E-state index in [-0.39, 0.29) is 36.9 Å². The van der Waals surface area contributed by atoms with Crippen LogP contribution in [0.25, 0.3) is 0 Å². The average Bonchev–Trinajstić information content (AvgIpc) is 3.62. The van der Waals surface area contributed by atoms with Crippen molar-refractivity contribution < 1.29 is 23.9 Å². The van der Waals surface area contributed by atoms with Gasteiger partial charge in [-0.1, -0.05) is 17.7 Å². The fourth-order valence-electron chi connectivity index (χ4n) is 3.12. The lowest BCUT2D eigenvalue weighted by molar-refractivity contribution is -0.124. The van der Waals surface area contributed by atoms with Crippen molar-refractivity contribution in [2.24, 2.45) is 0 Å². The number of benzene rings is 2. The van der Waals surface area contributed by atoms with E-state index in [0.29, 0.717) is 22.7 Å². The SMILES string of the molecule is COc1ccc(C(=O)N(CC(=O)NCC(=O)Nc2ccc(C)cc2)C2CC2)cc1OC. The minimum atomic E-state index is -0.389. The highest BCUT2D eigenvalue weighted by Crippen LogP contribution is 2.31. The first-order valence-electron chi connectivity index (χ1n) is 10.1. The summed E-state index contributed by atoms with van der Waals surface area (Å²) in [6.07, 6.45) is 1.69. The van der Waals surface area contributed by atoms with Crippen LogP contribution in [0.4, 0.5) is 5.69 Å². The van der Waals surface area contributed by atoms with Gasteiger partial charge in [0, 0.05) is 17.3 Å². The average molecular weight is 425 g/mol. The third kappa shape index (κ3) is 5.97. The van der Waals surface area contributed by atoms with Gasteiger partial charge in [-0.25, -0.2) is 0 Å². The molecule has 3 amide bonds. The number of nitrogens with one attached hydrogen (secondary N) is 2. The van der Waals surface area contributed by atoms with Crippen LogP contribution in [0, 0.1) is 6.92 Å². The maximum Gasteiger partial charge on any atom is 0.254 e. The first-order valence-corrected chi connectivity index (χ1v) is 10.1. The van der Waals surface area contributed by atoms with Gasteiger partial charge in [0.1, 0.15) is 6.54 Å². The van der Waals surface area contributed by atoms with Crippen LogP contribution < -0.4 is 20.1 Å². The van der Waals surface area contributed by atoms with Crippen molar-refractivity contribution >= 4 is 23.4 Å². The van der Waals surface area contributed by atoms with Crippen molar-refractivity contribution in [1.29, 1.82) is 0 Å². The summed E-state index contributed by atoms with van der Waals surface area (Å²) in [5, 5.41) is 5.31. The molecule has 0 bridgehead atoms. The van der Waals surface area contributed by atoms with E-state index in [0.717, 1.165) is 18.4 Å². The monoisotopic (exact) mass is 425 g/mol. The third-order valence-electron chi connectivity index (χ3n) is 4.97. The summed E-state index contributed by atoms with van der Waals surface area (Å²) in [4.78, 5) is 39.0. The number of anilines is 1. The molecule has 1 saturated carbocycles. The predicted octanol–water partition coefficient (Wildman–Crippen LogP) is 2.37. The number of hydrogen-bond acceptors (Lipinski definition) is 5. The maximum atomic E-state index is 13.0. The smallest absolute Gasteiger partial charge is 0.254 e. The number of ether oxygens (including phenoxy) is 2. The fourth-order valence-corrected chi connectivity index (χ4v) is 3.12. The van der Waals surface area contributed by atoms with Crippen molar-refractivity contribution in [2.45, 2.75) is 25.8 Å². The Kier molecular flexibility index (Phi) is 7.12. The molecule has 0 unspecified atom stereocenters. The maximum absolute atomic E-state index is 13.0. The van der Waals surface area contributed by atoms with Gasteiger partial charge >= 0.3 is 0 Å². The van der Waals surface area contributed by atoms with Gasteiger partial charge in [-0.15, -0.1) is 0 Å². The molecular formula is C23H27N3O5. The minimum absolute atomic E-state index is 0.0210. The molecule has 2 aromatic rings. The number of carbonyl (C=O) groups is 3. The molecule has 0 aliphatic heterocycles. The second kappa shape index (κ2) is 9.97. The molecule has 3 rings (SSSR count). The Morgan fingerprint density at radius 2 is 1.65 bits per heavy atom. The van der Waals surface area contributed by atoms with E-state index in [1.807, 2.05) is 19.1 Å². The van der Waals surface area contributed by atoms with Gasteiger partial charge in [-0.3, -0.25) is 14.4 Å². The van der Waals surface area contributed by atoms with Crippen LogP contribution in [-0.2, 0) is 9.59 Å². The van der Waals surface area contributed by atoms with E-state index >= 15 is 0 Å². The van der Waals surface area contributed by atoms with E-state index in [9.17, 15) is 14.4 Å². The highest BCUT2D eigenvalue weighted by molar-refractivity contribution is 5.98. The summed E-state index contributed by atoms with van der Waals surface area (Å²) in [7, 11) is 3.02. The van der Waals surface area contributed by atoms with Gasteiger partial charge in [0.05, 0.1) is 20.8 Å². The summed E-state index contributed by atoms with van der Waals surface area (Å²) < 4.78 is 10.5. The molecule has 0 aromatic heterocycles. The lowest BCUT2D eigenvalue weighted by atomic mass is 10.1. The van der Waals surface area contributed by atoms with Crippen molar-refractivity contribution in [3.8, 4) is 11.5 Å². The van der Waals surface area contributed by atoms with Gasteiger partial charge in [0.2, 0.25) is 11.8 Å². The molecule has 164 valence electrons. The topological polar surface area (TPSA) is 97.0 Å². The lowest BCUT2D eigenvalue weighted by Crippen LogP contribution is -2.43. The summed E-state index contributed by atoms with van der Waals surface area (Å²) >= 11 is 0. The summed E-state index contributed by atoms with van der Waals surface area (Å²) in [5.41, 5.74) is 2.16. The number of amides is 3. The molecule has 0 atom stereocenters. The quantitative estimate of drug-likeness (QED) is 0.643. The Bertz CT molecular complexity index is 954. The number of hydrogen-bond donors (Lipinski definition) is 2. The van der Waals surface area contributed by atoms with E-state index in [1.165, 1.54) is 19.1 Å². The van der Waals surface area contributed by atoms with Crippen molar-refractivity contribution in [3.63, 3.8) is 0 Å². The van der Waals surface area contributed by atoms with Crippen LogP contribution in [-0.4, -0.2) is 56.0 Å². The molecule has 0 radical (unpaired) electrons. The Labute approximate surface area is 181 Å². The van der Waals surface area contributed by atoms with Gasteiger partial charge in [0.15, 0.2) is 11.5 Å². The second-order valence-corrected chi connectivity index (χ2v) is 7.42. The van der Waals surface area contributed by atoms with Gasteiger partial charge in [-0.2, -0.15) is 0 Å². The molecule has 31 heavy (non-hydrogen) atoms. The summed E-state index contributed by atoms with van der Waals surface area (Å²) in [6.45, 7) is 1.67. The largest absolute Gasteiger partial charge is 0.493 e. The van der Waals surface area contributed by atoms with Crippen molar-refractivity contribution in [3.05, 3.63) is 53.6 Å². The number of nitrogens with zero attached hydrogens (tertiary/aromatic N) is 1. The van der Waals surface area contributed by atoms with Crippen molar-refractivity contribution in [1.82, 2.24) is 10.2 Å². The molecule has 1 fully saturated rings. The van der Waals surface area contributed by atoms with Gasteiger partial charge in [0.25, 0.3) is 5.91 Å². The summed E-state index contributed by atoms with van der Waals surface area (Å²) in [6, 6.07) is 12.3. The Hall–Kier alpha value is -3.55. The molecule has 1 aliphatic rings. The Morgan fingerprint density at radius 3 is 2.26 bits per heavy atom. The highest BCUT2D eigenvalue weighted by Gasteiger charge is 2.34. The molecule has 0 heterocycles. The van der Waals surface area contributed by atoms with Crippen LogP contribution in [0.15, 0.2) is 42.5 Å². The van der Waals surface area contributed by atoms with Crippen LogP contribution in [0.2, 0.25) is 0 Å². The number of rotatable bonds is 9. The molecule has 0 spiro atoms. The lowest BCUT2D eigenvalue weighted by Gasteiger charge is -2.22. The molecule has 0 saturated heterocycles. The van der Waals surface area contributed by atoms with Crippen LogP contribution in [0.5, 0.6) is 11.5 Å². The molecule has 1 aliphatic carbocycles. The van der Waals surface area contributed by atoms with Crippen LogP contribution in [0.1, 0.15) is 28.8 Å². The zero-order chi connectivity index (χ0) is 22.4. The second-order valence-electron chi connectivity index (χ2n) is 7.42. The Morgan fingerprint density at radius 1 is 0.968 bits per heavy atom. The van der Waals surface area contributed by atoms with Gasteiger partial charge in [-0.05, 0) is 50.1 Å². The van der Waals surface area contributed by atoms with Gasteiger partial charge < -0.3 is 25.0 Å². The number of carbonyl (C=O) groups excluding carboxylic acids is 3. The van der Waals surface area contributed by atoms with Crippen LogP contribution >= 0.6 is 0 Å². The van der Waals surface area contributed by atoms with E-state index in [1.54, 1.807) is 30.3 Å². The van der Waals surface area contributed by atoms with Crippen LogP contribution in [0.3, 0.4) is 0 Å². The molecule has 8 nitrogen and oxygen atoms in total. The zero-order valence-electron chi connectivity index (χ0n) is 17.9. The molecule has 2 aromatic carbocycles. The summed E-state index contributed by atoms with van der Waals surface area (Å²) in [5.74, 6) is -0.0143.